The molecular formula is C13H19NOS. The minimum atomic E-state index is 0.430. The average molecular weight is 237 g/mol. The third-order valence-electron chi connectivity index (χ3n) is 3.05. The van der Waals surface area contributed by atoms with Gasteiger partial charge in [0.15, 0.2) is 0 Å². The zero-order valence-electron chi connectivity index (χ0n) is 9.90. The van der Waals surface area contributed by atoms with Gasteiger partial charge in [0, 0.05) is 29.2 Å². The normalized spacial score (nSPS) is 25.4. The van der Waals surface area contributed by atoms with Gasteiger partial charge in [-0.1, -0.05) is 25.1 Å². The molecule has 0 spiro atoms. The van der Waals surface area contributed by atoms with E-state index >= 15 is 0 Å². The van der Waals surface area contributed by atoms with Crippen molar-refractivity contribution >= 4 is 11.8 Å². The molecule has 1 aliphatic heterocycles. The van der Waals surface area contributed by atoms with Gasteiger partial charge in [-0.15, -0.1) is 0 Å². The summed E-state index contributed by atoms with van der Waals surface area (Å²) in [5.74, 6) is 3.36. The van der Waals surface area contributed by atoms with E-state index in [1.165, 1.54) is 17.7 Å². The Morgan fingerprint density at radius 2 is 2.19 bits per heavy atom. The van der Waals surface area contributed by atoms with Crippen LogP contribution in [0, 0.1) is 0 Å². The van der Waals surface area contributed by atoms with Crippen LogP contribution in [0.3, 0.4) is 0 Å². The summed E-state index contributed by atoms with van der Waals surface area (Å²) in [5.41, 5.74) is 1.29. The maximum atomic E-state index is 5.42. The first kappa shape index (κ1) is 11.8. The van der Waals surface area contributed by atoms with Crippen LogP contribution in [0.1, 0.15) is 24.9 Å². The van der Waals surface area contributed by atoms with Crippen LogP contribution in [0.5, 0.6) is 5.75 Å². The first-order valence-corrected chi connectivity index (χ1v) is 6.97. The molecule has 1 heterocycles. The monoisotopic (exact) mass is 237 g/mol. The van der Waals surface area contributed by atoms with Crippen molar-refractivity contribution in [2.45, 2.75) is 25.4 Å². The van der Waals surface area contributed by atoms with Gasteiger partial charge in [0.25, 0.3) is 0 Å². The van der Waals surface area contributed by atoms with Crippen LogP contribution >= 0.6 is 11.8 Å². The van der Waals surface area contributed by atoms with Crippen LogP contribution in [0.15, 0.2) is 24.3 Å². The highest BCUT2D eigenvalue weighted by atomic mass is 32.2. The molecule has 0 bridgehead atoms. The number of hydrogen-bond acceptors (Lipinski definition) is 3. The highest BCUT2D eigenvalue weighted by Crippen LogP contribution is 2.31. The Labute approximate surface area is 102 Å². The largest absolute Gasteiger partial charge is 0.496 e. The summed E-state index contributed by atoms with van der Waals surface area (Å²) in [6.07, 6.45) is 1.19. The molecular weight excluding hydrogens is 218 g/mol. The fourth-order valence-electron chi connectivity index (χ4n) is 2.08. The quantitative estimate of drug-likeness (QED) is 0.873. The van der Waals surface area contributed by atoms with E-state index in [1.807, 2.05) is 23.9 Å². The number of benzene rings is 1. The fraction of sp³-hybridized carbons (Fsp3) is 0.538. The van der Waals surface area contributed by atoms with Gasteiger partial charge in [0.2, 0.25) is 0 Å². The van der Waals surface area contributed by atoms with E-state index in [9.17, 15) is 0 Å². The molecule has 1 aliphatic rings. The van der Waals surface area contributed by atoms with Crippen LogP contribution < -0.4 is 10.1 Å². The lowest BCUT2D eigenvalue weighted by atomic mass is 10.1. The van der Waals surface area contributed by atoms with Gasteiger partial charge in [-0.3, -0.25) is 0 Å². The van der Waals surface area contributed by atoms with E-state index in [0.717, 1.165) is 11.5 Å². The van der Waals surface area contributed by atoms with E-state index in [-0.39, 0.29) is 0 Å². The van der Waals surface area contributed by atoms with E-state index in [1.54, 1.807) is 7.11 Å². The summed E-state index contributed by atoms with van der Waals surface area (Å²) in [7, 11) is 1.74. The highest BCUT2D eigenvalue weighted by Gasteiger charge is 2.23. The predicted octanol–water partition coefficient (Wildman–Crippen LogP) is 2.85. The Morgan fingerprint density at radius 3 is 2.94 bits per heavy atom. The molecule has 3 heteroatoms. The van der Waals surface area contributed by atoms with Gasteiger partial charge >= 0.3 is 0 Å². The van der Waals surface area contributed by atoms with Crippen LogP contribution in [-0.2, 0) is 0 Å². The van der Waals surface area contributed by atoms with Crippen molar-refractivity contribution in [3.05, 3.63) is 29.8 Å². The molecule has 1 saturated heterocycles. The van der Waals surface area contributed by atoms with Gasteiger partial charge in [0.05, 0.1) is 7.11 Å². The van der Waals surface area contributed by atoms with Crippen molar-refractivity contribution in [3.63, 3.8) is 0 Å². The van der Waals surface area contributed by atoms with E-state index in [2.05, 4.69) is 24.4 Å². The first-order valence-electron chi connectivity index (χ1n) is 5.81. The van der Waals surface area contributed by atoms with Crippen molar-refractivity contribution in [1.29, 1.82) is 0 Å². The summed E-state index contributed by atoms with van der Waals surface area (Å²) in [5, 5.41) is 3.69. The maximum absolute atomic E-state index is 5.42. The summed E-state index contributed by atoms with van der Waals surface area (Å²) >= 11 is 2.03. The molecule has 0 radical (unpaired) electrons. The van der Waals surface area contributed by atoms with Gasteiger partial charge < -0.3 is 10.1 Å². The van der Waals surface area contributed by atoms with Crippen molar-refractivity contribution in [2.24, 2.45) is 0 Å². The Kier molecular flexibility index (Phi) is 4.13. The predicted molar refractivity (Wildman–Crippen MR) is 70.3 cm³/mol. The lowest BCUT2D eigenvalue weighted by molar-refractivity contribution is 0.394. The van der Waals surface area contributed by atoms with Crippen molar-refractivity contribution in [3.8, 4) is 5.75 Å². The summed E-state index contributed by atoms with van der Waals surface area (Å²) in [6.45, 7) is 2.24. The molecule has 1 fully saturated rings. The lowest BCUT2D eigenvalue weighted by Crippen LogP contribution is -2.39. The zero-order chi connectivity index (χ0) is 11.4. The van der Waals surface area contributed by atoms with Crippen LogP contribution in [0.2, 0.25) is 0 Å². The molecule has 0 aromatic heterocycles. The van der Waals surface area contributed by atoms with Gasteiger partial charge in [0.1, 0.15) is 5.75 Å². The number of rotatable bonds is 3. The number of nitrogens with one attached hydrogen (secondary N) is 1. The summed E-state index contributed by atoms with van der Waals surface area (Å²) in [4.78, 5) is 0. The van der Waals surface area contributed by atoms with Gasteiger partial charge in [-0.2, -0.15) is 11.8 Å². The van der Waals surface area contributed by atoms with Gasteiger partial charge in [-0.05, 0) is 12.5 Å². The molecule has 0 saturated carbocycles. The Bertz CT molecular complexity index is 342. The van der Waals surface area contributed by atoms with Crippen molar-refractivity contribution < 1.29 is 4.74 Å². The van der Waals surface area contributed by atoms with Crippen LogP contribution in [0.25, 0.3) is 0 Å². The van der Waals surface area contributed by atoms with Crippen molar-refractivity contribution in [1.82, 2.24) is 5.32 Å². The lowest BCUT2D eigenvalue weighted by Gasteiger charge is -2.31. The second-order valence-electron chi connectivity index (χ2n) is 4.10. The molecule has 88 valence electrons. The number of para-hydroxylation sites is 1. The molecule has 0 amide bonds. The molecule has 1 aromatic rings. The van der Waals surface area contributed by atoms with Crippen molar-refractivity contribution in [2.75, 3.05) is 18.6 Å². The number of methoxy groups -OCH3 is 1. The van der Waals surface area contributed by atoms with E-state index in [4.69, 9.17) is 4.74 Å². The minimum Gasteiger partial charge on any atom is -0.496 e. The van der Waals surface area contributed by atoms with Crippen LogP contribution in [0.4, 0.5) is 0 Å². The second kappa shape index (κ2) is 5.60. The molecule has 1 N–H and O–H groups in total. The van der Waals surface area contributed by atoms with Gasteiger partial charge in [-0.25, -0.2) is 0 Å². The minimum absolute atomic E-state index is 0.430. The number of hydrogen-bond donors (Lipinski definition) is 1. The number of thioether (sulfide) groups is 1. The fourth-order valence-corrected chi connectivity index (χ4v) is 3.34. The third kappa shape index (κ3) is 2.53. The van der Waals surface area contributed by atoms with E-state index < -0.39 is 0 Å². The molecule has 2 unspecified atom stereocenters. The Morgan fingerprint density at radius 1 is 1.38 bits per heavy atom. The summed E-state index contributed by atoms with van der Waals surface area (Å²) in [6, 6.07) is 9.37. The second-order valence-corrected chi connectivity index (χ2v) is 5.18. The smallest absolute Gasteiger partial charge is 0.123 e. The maximum Gasteiger partial charge on any atom is 0.123 e. The SMILES string of the molecule is CCC1CSCC(c2ccccc2OC)N1. The third-order valence-corrected chi connectivity index (χ3v) is 4.25. The molecule has 2 rings (SSSR count). The first-order chi connectivity index (χ1) is 7.85. The molecule has 1 aromatic carbocycles. The molecule has 0 aliphatic carbocycles. The van der Waals surface area contributed by atoms with E-state index in [0.29, 0.717) is 12.1 Å². The highest BCUT2D eigenvalue weighted by molar-refractivity contribution is 7.99. The Hall–Kier alpha value is -0.670. The number of ether oxygens (including phenoxy) is 1. The Balaban J connectivity index is 2.16. The molecule has 16 heavy (non-hydrogen) atoms. The standard InChI is InChI=1S/C13H19NOS/c1-3-10-8-16-9-12(14-10)11-6-4-5-7-13(11)15-2/h4-7,10,12,14H,3,8-9H2,1-2H3. The molecule has 2 nitrogen and oxygen atoms in total. The molecule has 2 atom stereocenters. The average Bonchev–Trinajstić information content (AvgIpc) is 2.38. The zero-order valence-corrected chi connectivity index (χ0v) is 10.7. The topological polar surface area (TPSA) is 21.3 Å². The summed E-state index contributed by atoms with van der Waals surface area (Å²) < 4.78 is 5.42. The van der Waals surface area contributed by atoms with Crippen LogP contribution in [-0.4, -0.2) is 24.7 Å².